The van der Waals surface area contributed by atoms with Gasteiger partial charge in [0.1, 0.15) is 11.5 Å². The van der Waals surface area contributed by atoms with Gasteiger partial charge < -0.3 is 30.3 Å². The first-order valence-electron chi connectivity index (χ1n) is 14.0. The largest absolute Gasteiger partial charge is 0.481 e. The number of aliphatic hydroxyl groups is 2. The molecule has 0 aliphatic rings. The van der Waals surface area contributed by atoms with E-state index in [0.717, 1.165) is 0 Å². The molecule has 0 bridgehead atoms. The van der Waals surface area contributed by atoms with Crippen LogP contribution < -0.4 is 5.32 Å². The molecule has 1 amide bonds. The van der Waals surface area contributed by atoms with Crippen LogP contribution in [0.5, 0.6) is 0 Å². The lowest BCUT2D eigenvalue weighted by Gasteiger charge is -2.17. The number of aliphatic hydroxyl groups excluding tert-OH is 2. The third-order valence-corrected chi connectivity index (χ3v) is 6.94. The number of nitrogens with one attached hydrogen (secondary N) is 1. The summed E-state index contributed by atoms with van der Waals surface area (Å²) in [6.45, 7) is 3.74. The van der Waals surface area contributed by atoms with Crippen LogP contribution in [-0.2, 0) is 4.79 Å². The average molecular weight is 601 g/mol. The maximum atomic E-state index is 14.2. The Morgan fingerprint density at radius 2 is 1.55 bits per heavy atom. The predicted octanol–water partition coefficient (Wildman–Crippen LogP) is 6.09. The number of carbonyl (C=O) groups excluding carboxylic acids is 1. The number of nitrogens with zero attached hydrogens (tertiary/aromatic N) is 1. The first-order chi connectivity index (χ1) is 21.0. The van der Waals surface area contributed by atoms with E-state index in [-0.39, 0.29) is 29.4 Å². The zero-order chi connectivity index (χ0) is 32.0. The van der Waals surface area contributed by atoms with Gasteiger partial charge in [0.25, 0.3) is 5.91 Å². The van der Waals surface area contributed by atoms with Gasteiger partial charge in [-0.3, -0.25) is 9.59 Å². The van der Waals surface area contributed by atoms with Crippen LogP contribution >= 0.6 is 0 Å². The lowest BCUT2D eigenvalue weighted by atomic mass is 9.94. The van der Waals surface area contributed by atoms with Crippen molar-refractivity contribution in [2.45, 2.75) is 44.9 Å². The lowest BCUT2D eigenvalue weighted by Crippen LogP contribution is -2.20. The number of aromatic nitrogens is 1. The molecule has 0 radical (unpaired) electrons. The Bertz CT molecular complexity index is 1680. The number of halogens is 1. The van der Waals surface area contributed by atoms with Crippen LogP contribution in [0.3, 0.4) is 0 Å². The molecular formula is C34H33FN2O7. The Morgan fingerprint density at radius 3 is 2.16 bits per heavy atom. The number of aliphatic carboxylic acids is 1. The van der Waals surface area contributed by atoms with E-state index in [1.165, 1.54) is 36.4 Å². The van der Waals surface area contributed by atoms with E-state index in [4.69, 9.17) is 5.11 Å². The van der Waals surface area contributed by atoms with Crippen LogP contribution in [0.1, 0.15) is 59.3 Å². The highest BCUT2D eigenvalue weighted by molar-refractivity contribution is 6.12. The number of carboxylic acid groups (broad SMARTS) is 2. The van der Waals surface area contributed by atoms with Crippen LogP contribution in [0, 0.1) is 5.82 Å². The normalized spacial score (nSPS) is 12.8. The van der Waals surface area contributed by atoms with Gasteiger partial charge in [0.05, 0.1) is 24.2 Å². The molecule has 0 saturated carbocycles. The Hall–Kier alpha value is -5.06. The first kappa shape index (κ1) is 31.9. The molecule has 2 atom stereocenters. The van der Waals surface area contributed by atoms with E-state index in [0.29, 0.717) is 27.9 Å². The average Bonchev–Trinajstić information content (AvgIpc) is 3.32. The monoisotopic (exact) mass is 600 g/mol. The van der Waals surface area contributed by atoms with Gasteiger partial charge in [0.2, 0.25) is 0 Å². The number of carbonyl (C=O) groups is 3. The highest BCUT2D eigenvalue weighted by Gasteiger charge is 2.29. The van der Waals surface area contributed by atoms with E-state index in [1.807, 2.05) is 44.2 Å². The Morgan fingerprint density at radius 1 is 0.886 bits per heavy atom. The fourth-order valence-electron chi connectivity index (χ4n) is 5.09. The summed E-state index contributed by atoms with van der Waals surface area (Å²) in [4.78, 5) is 36.7. The summed E-state index contributed by atoms with van der Waals surface area (Å²) in [5.74, 6) is -3.32. The molecule has 4 rings (SSSR count). The molecule has 10 heteroatoms. The second kappa shape index (κ2) is 13.9. The number of hydrogen-bond donors (Lipinski definition) is 5. The summed E-state index contributed by atoms with van der Waals surface area (Å²) in [6.07, 6.45) is -0.222. The number of aromatic carboxylic acids is 1. The predicted molar refractivity (Wildman–Crippen MR) is 165 cm³/mol. The minimum absolute atomic E-state index is 0.0000202. The maximum Gasteiger partial charge on any atom is 0.335 e. The van der Waals surface area contributed by atoms with E-state index >= 15 is 0 Å². The van der Waals surface area contributed by atoms with Gasteiger partial charge in [-0.1, -0.05) is 54.6 Å². The summed E-state index contributed by atoms with van der Waals surface area (Å²) in [5.41, 5.74) is 3.39. The van der Waals surface area contributed by atoms with Crippen molar-refractivity contribution in [2.75, 3.05) is 5.32 Å². The molecule has 1 heterocycles. The maximum absolute atomic E-state index is 14.2. The molecule has 0 unspecified atom stereocenters. The van der Waals surface area contributed by atoms with Crippen molar-refractivity contribution >= 4 is 29.6 Å². The molecule has 0 saturated heterocycles. The zero-order valence-electron chi connectivity index (χ0n) is 24.1. The molecule has 3 aromatic carbocycles. The van der Waals surface area contributed by atoms with Gasteiger partial charge in [0, 0.05) is 35.0 Å². The Balaban J connectivity index is 1.96. The molecule has 0 spiro atoms. The van der Waals surface area contributed by atoms with Crippen LogP contribution in [0.2, 0.25) is 0 Å². The molecule has 1 aromatic heterocycles. The quantitative estimate of drug-likeness (QED) is 0.132. The van der Waals surface area contributed by atoms with Gasteiger partial charge in [-0.25, -0.2) is 9.18 Å². The zero-order valence-corrected chi connectivity index (χ0v) is 24.1. The first-order valence-corrected chi connectivity index (χ1v) is 14.0. The highest BCUT2D eigenvalue weighted by Crippen LogP contribution is 2.43. The smallest absolute Gasteiger partial charge is 0.335 e. The highest BCUT2D eigenvalue weighted by atomic mass is 19.1. The van der Waals surface area contributed by atoms with Crippen molar-refractivity contribution in [1.29, 1.82) is 0 Å². The van der Waals surface area contributed by atoms with E-state index in [2.05, 4.69) is 5.32 Å². The van der Waals surface area contributed by atoms with Crippen molar-refractivity contribution in [2.24, 2.45) is 0 Å². The summed E-state index contributed by atoms with van der Waals surface area (Å²) in [5, 5.41) is 41.9. The molecule has 0 aliphatic carbocycles. The third-order valence-electron chi connectivity index (χ3n) is 6.94. The number of amides is 1. The second-order valence-electron chi connectivity index (χ2n) is 10.6. The van der Waals surface area contributed by atoms with Crippen molar-refractivity contribution in [3.05, 3.63) is 108 Å². The third kappa shape index (κ3) is 7.47. The van der Waals surface area contributed by atoms with E-state index in [9.17, 15) is 34.1 Å². The lowest BCUT2D eigenvalue weighted by molar-refractivity contribution is -0.139. The van der Waals surface area contributed by atoms with Crippen LogP contribution in [0.4, 0.5) is 10.1 Å². The molecule has 0 aliphatic heterocycles. The SMILES string of the molecule is CC(C)n1c(C=C[C@H](O)C[C@H](O)CC(=O)O)c(-c2ccc(F)cc2)c(-c2ccccc2)c1C(=O)Nc1cccc(C(=O)O)c1. The molecule has 5 N–H and O–H groups in total. The van der Waals surface area contributed by atoms with Crippen molar-refractivity contribution in [3.63, 3.8) is 0 Å². The van der Waals surface area contributed by atoms with E-state index in [1.54, 1.807) is 28.8 Å². The van der Waals surface area contributed by atoms with Crippen molar-refractivity contribution < 1.29 is 39.2 Å². The molecule has 0 fully saturated rings. The topological polar surface area (TPSA) is 149 Å². The molecule has 9 nitrogen and oxygen atoms in total. The number of hydrogen-bond acceptors (Lipinski definition) is 5. The van der Waals surface area contributed by atoms with Gasteiger partial charge in [-0.05, 0) is 61.4 Å². The summed E-state index contributed by atoms with van der Waals surface area (Å²) >= 11 is 0. The van der Waals surface area contributed by atoms with Gasteiger partial charge >= 0.3 is 11.9 Å². The fourth-order valence-corrected chi connectivity index (χ4v) is 5.09. The minimum Gasteiger partial charge on any atom is -0.481 e. The van der Waals surface area contributed by atoms with Gasteiger partial charge in [0.15, 0.2) is 0 Å². The minimum atomic E-state index is -1.27. The fraction of sp³-hybridized carbons (Fsp3) is 0.206. The summed E-state index contributed by atoms with van der Waals surface area (Å²) < 4.78 is 15.8. The van der Waals surface area contributed by atoms with Gasteiger partial charge in [-0.15, -0.1) is 0 Å². The second-order valence-corrected chi connectivity index (χ2v) is 10.6. The molecular weight excluding hydrogens is 567 g/mol. The van der Waals surface area contributed by atoms with Crippen molar-refractivity contribution in [1.82, 2.24) is 4.57 Å². The van der Waals surface area contributed by atoms with Crippen LogP contribution in [0.25, 0.3) is 28.3 Å². The summed E-state index contributed by atoms with van der Waals surface area (Å²) in [6, 6.07) is 20.5. The van der Waals surface area contributed by atoms with E-state index < -0.39 is 42.3 Å². The van der Waals surface area contributed by atoms with Crippen LogP contribution in [0.15, 0.2) is 84.9 Å². The Kier molecular flexibility index (Phi) is 10.1. The number of carboxylic acids is 2. The van der Waals surface area contributed by atoms with Gasteiger partial charge in [-0.2, -0.15) is 0 Å². The molecule has 44 heavy (non-hydrogen) atoms. The molecule has 228 valence electrons. The van der Waals surface area contributed by atoms with Crippen molar-refractivity contribution in [3.8, 4) is 22.3 Å². The standard InChI is InChI=1S/C34H33FN2O7/c1-20(2)37-28(16-15-26(38)18-27(39)19-29(40)41)30(22-11-13-24(35)14-12-22)31(21-7-4-3-5-8-21)32(37)33(42)36-25-10-6-9-23(17-25)34(43)44/h3-17,20,26-27,38-39H,18-19H2,1-2H3,(H,36,42)(H,40,41)(H,43,44)/t26-,27-/m0/s1. The number of benzene rings is 3. The summed E-state index contributed by atoms with van der Waals surface area (Å²) in [7, 11) is 0. The Labute approximate surface area is 253 Å². The van der Waals surface area contributed by atoms with Crippen LogP contribution in [-0.4, -0.2) is 55.0 Å². The molecule has 4 aromatic rings. The number of anilines is 1. The number of rotatable bonds is 12.